The first-order valence-corrected chi connectivity index (χ1v) is 7.21. The molecule has 0 atom stereocenters. The average molecular weight is 213 g/mol. The lowest BCUT2D eigenvalue weighted by molar-refractivity contribution is 0.329. The van der Waals surface area contributed by atoms with E-state index < -0.39 is 8.32 Å². The van der Waals surface area contributed by atoms with Gasteiger partial charge >= 0.3 is 0 Å². The number of allylic oxidation sites excluding steroid dienone is 1. The van der Waals surface area contributed by atoms with Crippen LogP contribution >= 0.6 is 23.2 Å². The summed E-state index contributed by atoms with van der Waals surface area (Å²) in [5.41, 5.74) is 1.10. The van der Waals surface area contributed by atoms with E-state index >= 15 is 0 Å². The van der Waals surface area contributed by atoms with Crippen LogP contribution in [0.1, 0.15) is 6.92 Å². The Hall–Kier alpha value is 0.497. The smallest absolute Gasteiger partial charge is 0.225 e. The molecule has 4 heteroatoms. The zero-order valence-corrected chi connectivity index (χ0v) is 9.29. The Labute approximate surface area is 79.5 Å². The van der Waals surface area contributed by atoms with Crippen molar-refractivity contribution < 1.29 is 4.43 Å². The Bertz CT molecular complexity index is 115. The number of hydrogen-bond donors (Lipinski definition) is 0. The summed E-state index contributed by atoms with van der Waals surface area (Å²) in [6.45, 7) is 6.32. The fraction of sp³-hybridized carbons (Fsp3) is 0.714. The molecule has 0 amide bonds. The highest BCUT2D eigenvalue weighted by Gasteiger charge is 2.31. The van der Waals surface area contributed by atoms with Crippen molar-refractivity contribution in [1.29, 1.82) is 0 Å². The Morgan fingerprint density at radius 1 is 1.45 bits per heavy atom. The molecule has 0 aromatic rings. The number of hydrogen-bond acceptors (Lipinski definition) is 1. The lowest BCUT2D eigenvalue weighted by Crippen LogP contribution is -2.43. The van der Waals surface area contributed by atoms with Crippen LogP contribution in [0.4, 0.5) is 0 Å². The minimum Gasteiger partial charge on any atom is -0.414 e. The summed E-state index contributed by atoms with van der Waals surface area (Å²) in [6, 6.07) is 0.841. The van der Waals surface area contributed by atoms with Crippen molar-refractivity contribution in [2.45, 2.75) is 13.0 Å². The molecule has 0 heterocycles. The molecule has 0 fully saturated rings. The van der Waals surface area contributed by atoms with E-state index in [9.17, 15) is 0 Å². The normalized spacial score (nSPS) is 11.5. The summed E-state index contributed by atoms with van der Waals surface area (Å²) < 4.78 is 5.57. The molecule has 1 nitrogen and oxygen atoms in total. The van der Waals surface area contributed by atoms with Crippen LogP contribution in [-0.4, -0.2) is 25.9 Å². The van der Waals surface area contributed by atoms with Gasteiger partial charge in [0.25, 0.3) is 0 Å². The molecule has 0 aliphatic rings. The number of rotatable bonds is 6. The molecule has 0 bridgehead atoms. The Kier molecular flexibility index (Phi) is 6.34. The molecule has 0 spiro atoms. The second kappa shape index (κ2) is 6.06. The van der Waals surface area contributed by atoms with Gasteiger partial charge in [-0.2, -0.15) is 0 Å². The Morgan fingerprint density at radius 2 is 2.00 bits per heavy atom. The molecule has 0 saturated heterocycles. The van der Waals surface area contributed by atoms with Gasteiger partial charge in [0.05, 0.1) is 0 Å². The number of halogens is 2. The van der Waals surface area contributed by atoms with Crippen molar-refractivity contribution in [3.8, 4) is 0 Å². The molecule has 0 saturated carbocycles. The fourth-order valence-electron chi connectivity index (χ4n) is 0.850. The van der Waals surface area contributed by atoms with Crippen LogP contribution < -0.4 is 0 Å². The minimum atomic E-state index is -1.83. The minimum absolute atomic E-state index is 0.552. The molecule has 0 rings (SSSR count). The van der Waals surface area contributed by atoms with E-state index in [4.69, 9.17) is 27.6 Å². The van der Waals surface area contributed by atoms with E-state index in [1.807, 2.05) is 13.0 Å². The third-order valence-corrected chi connectivity index (χ3v) is 7.28. The molecule has 66 valence electrons. The van der Waals surface area contributed by atoms with Crippen LogP contribution in [0.5, 0.6) is 0 Å². The third-order valence-electron chi connectivity index (χ3n) is 1.45. The summed E-state index contributed by atoms with van der Waals surface area (Å²) in [5.74, 6) is 0. The van der Waals surface area contributed by atoms with Gasteiger partial charge in [-0.15, -0.1) is 29.8 Å². The summed E-state index contributed by atoms with van der Waals surface area (Å²) in [5, 5.41) is 0. The van der Waals surface area contributed by atoms with Gasteiger partial charge < -0.3 is 4.43 Å². The molecule has 0 aromatic carbocycles. The molecule has 0 aliphatic heterocycles. The summed E-state index contributed by atoms with van der Waals surface area (Å²) in [7, 11) is -1.83. The molecule has 0 aliphatic carbocycles. The van der Waals surface area contributed by atoms with Crippen LogP contribution in [0.25, 0.3) is 0 Å². The standard InChI is InChI=1S/C7H14Cl2OSi/c1-3-5-11(6-8,7-9)10-4-2/h3H,1,4-7H2,2H3. The Balaban J connectivity index is 4.06. The maximum atomic E-state index is 5.79. The van der Waals surface area contributed by atoms with Crippen molar-refractivity contribution in [1.82, 2.24) is 0 Å². The van der Waals surface area contributed by atoms with Crippen molar-refractivity contribution in [2.24, 2.45) is 0 Å². The first-order chi connectivity index (χ1) is 5.24. The first kappa shape index (κ1) is 11.5. The highest BCUT2D eigenvalue weighted by molar-refractivity contribution is 6.85. The van der Waals surface area contributed by atoms with E-state index in [1.54, 1.807) is 0 Å². The molecule has 11 heavy (non-hydrogen) atoms. The maximum absolute atomic E-state index is 5.79. The van der Waals surface area contributed by atoms with E-state index in [-0.39, 0.29) is 0 Å². The highest BCUT2D eigenvalue weighted by Crippen LogP contribution is 2.15. The largest absolute Gasteiger partial charge is 0.414 e. The van der Waals surface area contributed by atoms with E-state index in [2.05, 4.69) is 6.58 Å². The van der Waals surface area contributed by atoms with Gasteiger partial charge in [-0.3, -0.25) is 0 Å². The Morgan fingerprint density at radius 3 is 2.27 bits per heavy atom. The lowest BCUT2D eigenvalue weighted by Gasteiger charge is -2.24. The molecule has 0 unspecified atom stereocenters. The van der Waals surface area contributed by atoms with Crippen molar-refractivity contribution in [3.05, 3.63) is 12.7 Å². The molecule has 0 N–H and O–H groups in total. The maximum Gasteiger partial charge on any atom is 0.225 e. The molecule has 0 radical (unpaired) electrons. The van der Waals surface area contributed by atoms with Gasteiger partial charge in [0.1, 0.15) is 0 Å². The van der Waals surface area contributed by atoms with Gasteiger partial charge in [-0.05, 0) is 13.0 Å². The van der Waals surface area contributed by atoms with Gasteiger partial charge in [0.2, 0.25) is 8.32 Å². The molecule has 0 aromatic heterocycles. The van der Waals surface area contributed by atoms with Gasteiger partial charge in [-0.25, -0.2) is 0 Å². The lowest BCUT2D eigenvalue weighted by atomic mass is 10.8. The molecular formula is C7H14Cl2OSi. The topological polar surface area (TPSA) is 9.23 Å². The van der Waals surface area contributed by atoms with Crippen LogP contribution in [0.15, 0.2) is 12.7 Å². The molecular weight excluding hydrogens is 199 g/mol. The predicted molar refractivity (Wildman–Crippen MR) is 53.8 cm³/mol. The predicted octanol–water partition coefficient (Wildman–Crippen LogP) is 2.71. The third kappa shape index (κ3) is 3.61. The SMILES string of the molecule is C=CC[Si](CCl)(CCl)OCC. The monoisotopic (exact) mass is 212 g/mol. The van der Waals surface area contributed by atoms with E-state index in [1.165, 1.54) is 0 Å². The zero-order chi connectivity index (χ0) is 8.74. The van der Waals surface area contributed by atoms with Crippen LogP contribution in [0.3, 0.4) is 0 Å². The average Bonchev–Trinajstić information content (AvgIpc) is 2.04. The zero-order valence-electron chi connectivity index (χ0n) is 6.78. The van der Waals surface area contributed by atoms with Gasteiger partial charge in [0, 0.05) is 17.6 Å². The van der Waals surface area contributed by atoms with Crippen LogP contribution in [0, 0.1) is 0 Å². The van der Waals surface area contributed by atoms with E-state index in [0.717, 1.165) is 6.04 Å². The van der Waals surface area contributed by atoms with Crippen molar-refractivity contribution >= 4 is 31.5 Å². The van der Waals surface area contributed by atoms with Crippen LogP contribution in [-0.2, 0) is 4.43 Å². The van der Waals surface area contributed by atoms with Crippen molar-refractivity contribution in [2.75, 3.05) is 17.6 Å². The number of alkyl halides is 2. The second-order valence-corrected chi connectivity index (χ2v) is 7.58. The summed E-state index contributed by atoms with van der Waals surface area (Å²) in [6.07, 6.45) is 1.84. The quantitative estimate of drug-likeness (QED) is 0.374. The van der Waals surface area contributed by atoms with E-state index in [0.29, 0.717) is 17.6 Å². The van der Waals surface area contributed by atoms with Crippen molar-refractivity contribution in [3.63, 3.8) is 0 Å². The van der Waals surface area contributed by atoms with Gasteiger partial charge in [0.15, 0.2) is 0 Å². The van der Waals surface area contributed by atoms with Crippen LogP contribution in [0.2, 0.25) is 6.04 Å². The fourth-order valence-corrected chi connectivity index (χ4v) is 4.53. The summed E-state index contributed by atoms with van der Waals surface area (Å²) >= 11 is 11.6. The second-order valence-electron chi connectivity index (χ2n) is 2.38. The van der Waals surface area contributed by atoms with Gasteiger partial charge in [-0.1, -0.05) is 6.08 Å². The summed E-state index contributed by atoms with van der Waals surface area (Å²) in [4.78, 5) is 0. The first-order valence-electron chi connectivity index (χ1n) is 3.61. The highest BCUT2D eigenvalue weighted by atomic mass is 35.5.